The van der Waals surface area contributed by atoms with Gasteiger partial charge in [0.15, 0.2) is 5.96 Å². The molecule has 0 saturated carbocycles. The van der Waals surface area contributed by atoms with Crippen LogP contribution in [0.25, 0.3) is 0 Å². The van der Waals surface area contributed by atoms with Crippen molar-refractivity contribution < 1.29 is 9.47 Å². The van der Waals surface area contributed by atoms with Crippen molar-refractivity contribution in [2.24, 2.45) is 10.9 Å². The maximum absolute atomic E-state index is 5.85. The summed E-state index contributed by atoms with van der Waals surface area (Å²) in [5.41, 5.74) is 1.12. The number of rotatable bonds is 11. The number of aliphatic imine (C=N–C) groups is 1. The Bertz CT molecular complexity index is 655. The highest BCUT2D eigenvalue weighted by Gasteiger charge is 2.16. The van der Waals surface area contributed by atoms with E-state index in [9.17, 15) is 0 Å². The molecule has 180 valence electrons. The predicted molar refractivity (Wildman–Crippen MR) is 130 cm³/mol. The van der Waals surface area contributed by atoms with Gasteiger partial charge in [-0.1, -0.05) is 13.0 Å². The number of pyridine rings is 1. The second-order valence-corrected chi connectivity index (χ2v) is 8.55. The van der Waals surface area contributed by atoms with Crippen molar-refractivity contribution in [2.75, 3.05) is 77.1 Å². The number of hydrogen-bond acceptors (Lipinski definition) is 6. The van der Waals surface area contributed by atoms with Gasteiger partial charge in [0.25, 0.3) is 0 Å². The van der Waals surface area contributed by atoms with E-state index in [1.54, 1.807) is 0 Å². The molecule has 0 aliphatic carbocycles. The third-order valence-electron chi connectivity index (χ3n) is 6.17. The van der Waals surface area contributed by atoms with Gasteiger partial charge in [-0.05, 0) is 50.3 Å². The molecule has 8 heteroatoms. The third kappa shape index (κ3) is 8.56. The van der Waals surface area contributed by atoms with Crippen molar-refractivity contribution in [2.45, 2.75) is 39.7 Å². The topological polar surface area (TPSA) is 74.3 Å². The molecule has 2 saturated heterocycles. The fourth-order valence-corrected chi connectivity index (χ4v) is 4.05. The van der Waals surface area contributed by atoms with Crippen LogP contribution in [-0.2, 0) is 16.0 Å². The zero-order chi connectivity index (χ0) is 22.4. The highest BCUT2D eigenvalue weighted by molar-refractivity contribution is 5.79. The summed E-state index contributed by atoms with van der Waals surface area (Å²) in [5, 5.41) is 6.73. The van der Waals surface area contributed by atoms with Crippen LogP contribution in [0.2, 0.25) is 0 Å². The number of nitrogens with one attached hydrogen (secondary N) is 2. The predicted octanol–water partition coefficient (Wildman–Crippen LogP) is 2.11. The smallest absolute Gasteiger partial charge is 0.191 e. The molecule has 0 spiro atoms. The molecular formula is C24H42N6O2. The first-order chi connectivity index (χ1) is 15.8. The van der Waals surface area contributed by atoms with Crippen molar-refractivity contribution >= 4 is 11.8 Å². The molecule has 8 nitrogen and oxygen atoms in total. The number of aromatic nitrogens is 1. The van der Waals surface area contributed by atoms with Crippen LogP contribution in [0.1, 0.15) is 38.7 Å². The second-order valence-electron chi connectivity index (χ2n) is 8.55. The lowest BCUT2D eigenvalue weighted by atomic mass is 10.0. The molecule has 0 aromatic carbocycles. The molecule has 3 heterocycles. The van der Waals surface area contributed by atoms with Crippen LogP contribution in [0.15, 0.2) is 23.3 Å². The fraction of sp³-hybridized carbons (Fsp3) is 0.750. The molecule has 1 aromatic rings. The van der Waals surface area contributed by atoms with Gasteiger partial charge in [0.1, 0.15) is 5.82 Å². The van der Waals surface area contributed by atoms with Crippen molar-refractivity contribution in [1.82, 2.24) is 20.5 Å². The van der Waals surface area contributed by atoms with Crippen LogP contribution < -0.4 is 15.5 Å². The molecular weight excluding hydrogens is 404 g/mol. The van der Waals surface area contributed by atoms with Gasteiger partial charge in [-0.25, -0.2) is 9.98 Å². The summed E-state index contributed by atoms with van der Waals surface area (Å²) < 4.78 is 11.2. The molecule has 0 radical (unpaired) electrons. The standard InChI is InChI=1S/C24H42N6O2/c1-3-25-24(26-10-5-15-32-20-21-8-16-31-17-9-21)28-19-22-6-7-23(27-18-22)30-13-11-29(4-2)12-14-30/h6-7,18,21H,3-5,8-17,19-20H2,1-2H3,(H2,25,26,28). The van der Waals surface area contributed by atoms with Crippen molar-refractivity contribution in [3.05, 3.63) is 23.9 Å². The molecule has 32 heavy (non-hydrogen) atoms. The molecule has 0 unspecified atom stereocenters. The Kier molecular flexibility index (Phi) is 11.0. The number of ether oxygens (including phenoxy) is 2. The number of anilines is 1. The summed E-state index contributed by atoms with van der Waals surface area (Å²) in [6.07, 6.45) is 5.18. The summed E-state index contributed by atoms with van der Waals surface area (Å²) in [6, 6.07) is 4.27. The maximum Gasteiger partial charge on any atom is 0.191 e. The van der Waals surface area contributed by atoms with Gasteiger partial charge in [0.05, 0.1) is 6.54 Å². The largest absolute Gasteiger partial charge is 0.381 e. The lowest BCUT2D eigenvalue weighted by Gasteiger charge is -2.34. The van der Waals surface area contributed by atoms with E-state index in [-0.39, 0.29) is 0 Å². The van der Waals surface area contributed by atoms with Crippen LogP contribution in [0.5, 0.6) is 0 Å². The summed E-state index contributed by atoms with van der Waals surface area (Å²) >= 11 is 0. The van der Waals surface area contributed by atoms with Crippen molar-refractivity contribution in [3.8, 4) is 0 Å². The number of guanidine groups is 1. The number of likely N-dealkylation sites (N-methyl/N-ethyl adjacent to an activating group) is 1. The lowest BCUT2D eigenvalue weighted by Crippen LogP contribution is -2.46. The maximum atomic E-state index is 5.85. The Labute approximate surface area is 193 Å². The SMILES string of the molecule is CCNC(=NCc1ccc(N2CCN(CC)CC2)nc1)NCCCOCC1CCOCC1. The highest BCUT2D eigenvalue weighted by atomic mass is 16.5. The highest BCUT2D eigenvalue weighted by Crippen LogP contribution is 2.15. The molecule has 2 aliphatic rings. The summed E-state index contributed by atoms with van der Waals surface area (Å²) in [7, 11) is 0. The Morgan fingerprint density at radius 3 is 2.66 bits per heavy atom. The first-order valence-electron chi connectivity index (χ1n) is 12.4. The normalized spacial score (nSPS) is 18.7. The fourth-order valence-electron chi connectivity index (χ4n) is 4.05. The van der Waals surface area contributed by atoms with E-state index in [0.717, 1.165) is 109 Å². The van der Waals surface area contributed by atoms with E-state index >= 15 is 0 Å². The summed E-state index contributed by atoms with van der Waals surface area (Å²) in [5.74, 6) is 2.58. The quantitative estimate of drug-likeness (QED) is 0.306. The van der Waals surface area contributed by atoms with Crippen LogP contribution in [0.3, 0.4) is 0 Å². The minimum absolute atomic E-state index is 0.618. The van der Waals surface area contributed by atoms with E-state index in [2.05, 4.69) is 51.4 Å². The summed E-state index contributed by atoms with van der Waals surface area (Å²) in [6.45, 7) is 15.5. The van der Waals surface area contributed by atoms with Crippen molar-refractivity contribution in [3.63, 3.8) is 0 Å². The Balaban J connectivity index is 1.35. The lowest BCUT2D eigenvalue weighted by molar-refractivity contribution is 0.0203. The molecule has 0 bridgehead atoms. The van der Waals surface area contributed by atoms with Crippen LogP contribution in [-0.4, -0.2) is 88.1 Å². The Morgan fingerprint density at radius 2 is 1.97 bits per heavy atom. The number of nitrogens with zero attached hydrogens (tertiary/aromatic N) is 4. The van der Waals surface area contributed by atoms with Crippen molar-refractivity contribution in [1.29, 1.82) is 0 Å². The van der Waals surface area contributed by atoms with E-state index in [1.165, 1.54) is 0 Å². The van der Waals surface area contributed by atoms with Crippen LogP contribution >= 0.6 is 0 Å². The van der Waals surface area contributed by atoms with Gasteiger partial charge in [-0.2, -0.15) is 0 Å². The molecule has 0 atom stereocenters. The molecule has 2 aliphatic heterocycles. The van der Waals surface area contributed by atoms with E-state index in [0.29, 0.717) is 12.5 Å². The molecule has 2 N–H and O–H groups in total. The monoisotopic (exact) mass is 446 g/mol. The molecule has 2 fully saturated rings. The van der Waals surface area contributed by atoms with E-state index in [4.69, 9.17) is 14.5 Å². The van der Waals surface area contributed by atoms with E-state index in [1.807, 2.05) is 6.20 Å². The summed E-state index contributed by atoms with van der Waals surface area (Å²) in [4.78, 5) is 14.3. The minimum atomic E-state index is 0.618. The second kappa shape index (κ2) is 14.3. The number of hydrogen-bond donors (Lipinski definition) is 2. The third-order valence-corrected chi connectivity index (χ3v) is 6.17. The van der Waals surface area contributed by atoms with Gasteiger partial charge < -0.3 is 29.9 Å². The van der Waals surface area contributed by atoms with Gasteiger partial charge in [0.2, 0.25) is 0 Å². The van der Waals surface area contributed by atoms with Crippen LogP contribution in [0, 0.1) is 5.92 Å². The average molecular weight is 447 g/mol. The van der Waals surface area contributed by atoms with Gasteiger partial charge in [0, 0.05) is 71.9 Å². The van der Waals surface area contributed by atoms with Gasteiger partial charge in [-0.15, -0.1) is 0 Å². The molecule has 3 rings (SSSR count). The zero-order valence-corrected chi connectivity index (χ0v) is 20.0. The van der Waals surface area contributed by atoms with Gasteiger partial charge in [-0.3, -0.25) is 0 Å². The Hall–Kier alpha value is -1.90. The molecule has 1 aromatic heterocycles. The first-order valence-corrected chi connectivity index (χ1v) is 12.4. The number of piperazine rings is 1. The average Bonchev–Trinajstić information content (AvgIpc) is 2.85. The zero-order valence-electron chi connectivity index (χ0n) is 20.0. The van der Waals surface area contributed by atoms with Crippen LogP contribution in [0.4, 0.5) is 5.82 Å². The van der Waals surface area contributed by atoms with Gasteiger partial charge >= 0.3 is 0 Å². The first kappa shape index (κ1) is 24.7. The van der Waals surface area contributed by atoms with E-state index < -0.39 is 0 Å². The Morgan fingerprint density at radius 1 is 1.16 bits per heavy atom. The minimum Gasteiger partial charge on any atom is -0.381 e. The molecule has 0 amide bonds.